The van der Waals surface area contributed by atoms with Gasteiger partial charge in [-0.05, 0) is 52.8 Å². The fraction of sp³-hybridized carbons (Fsp3) is 0.370. The quantitative estimate of drug-likeness (QED) is 0.375. The van der Waals surface area contributed by atoms with Crippen molar-refractivity contribution in [2.45, 2.75) is 40.2 Å². The third kappa shape index (κ3) is 6.74. The molecule has 194 valence electrons. The number of ether oxygens (including phenoxy) is 1. The highest BCUT2D eigenvalue weighted by atomic mass is 35.5. The minimum Gasteiger partial charge on any atom is -0.444 e. The lowest BCUT2D eigenvalue weighted by Crippen LogP contribution is -2.50. The first-order valence-corrected chi connectivity index (χ1v) is 12.6. The van der Waals surface area contributed by atoms with Crippen LogP contribution >= 0.6 is 11.6 Å². The zero-order chi connectivity index (χ0) is 26.6. The van der Waals surface area contributed by atoms with E-state index in [9.17, 15) is 4.79 Å². The maximum absolute atomic E-state index is 12.3. The Kier molecular flexibility index (Phi) is 7.92. The Morgan fingerprint density at radius 2 is 1.70 bits per heavy atom. The molecule has 1 N–H and O–H groups in total. The Hall–Kier alpha value is -3.72. The molecule has 0 atom stereocenters. The average Bonchev–Trinajstić information content (AvgIpc) is 3.24. The van der Waals surface area contributed by atoms with Crippen LogP contribution in [0.15, 0.2) is 48.5 Å². The summed E-state index contributed by atoms with van der Waals surface area (Å²) in [6, 6.07) is 16.1. The van der Waals surface area contributed by atoms with Crippen LogP contribution in [0.4, 0.5) is 10.6 Å². The van der Waals surface area contributed by atoms with Crippen LogP contribution in [0.25, 0.3) is 22.3 Å². The van der Waals surface area contributed by atoms with E-state index in [0.717, 1.165) is 22.2 Å². The summed E-state index contributed by atoms with van der Waals surface area (Å²) in [6.45, 7) is 11.8. The molecule has 5 rings (SSSR count). The highest BCUT2D eigenvalue weighted by Gasteiger charge is 2.27. The van der Waals surface area contributed by atoms with Gasteiger partial charge in [0.05, 0.1) is 5.52 Å². The zero-order valence-corrected chi connectivity index (χ0v) is 22.6. The molecule has 1 fully saturated rings. The van der Waals surface area contributed by atoms with Crippen molar-refractivity contribution in [1.82, 2.24) is 30.3 Å². The minimum atomic E-state index is -0.516. The summed E-state index contributed by atoms with van der Waals surface area (Å²) < 4.78 is 5.45. The summed E-state index contributed by atoms with van der Waals surface area (Å²) in [5, 5.41) is 16.8. The minimum absolute atomic E-state index is 0.241. The predicted molar refractivity (Wildman–Crippen MR) is 146 cm³/mol. The van der Waals surface area contributed by atoms with E-state index < -0.39 is 5.60 Å². The highest BCUT2D eigenvalue weighted by Crippen LogP contribution is 2.27. The van der Waals surface area contributed by atoms with Crippen molar-refractivity contribution in [3.63, 3.8) is 0 Å². The van der Waals surface area contributed by atoms with Crippen molar-refractivity contribution in [2.24, 2.45) is 0 Å². The lowest BCUT2D eigenvalue weighted by Gasteiger charge is -2.36. The van der Waals surface area contributed by atoms with Gasteiger partial charge in [0.15, 0.2) is 16.8 Å². The Labute approximate surface area is 221 Å². The van der Waals surface area contributed by atoms with E-state index in [1.807, 2.05) is 69.0 Å². The first-order chi connectivity index (χ1) is 17.6. The number of amides is 1. The zero-order valence-electron chi connectivity index (χ0n) is 21.8. The summed E-state index contributed by atoms with van der Waals surface area (Å²) in [6.07, 6.45) is -0.307. The predicted octanol–water partition coefficient (Wildman–Crippen LogP) is 5.43. The molecule has 0 spiro atoms. The number of nitrogens with zero attached hydrogens (tertiary/aromatic N) is 6. The molecule has 0 saturated carbocycles. The molecule has 1 saturated heterocycles. The molecule has 1 amide bonds. The molecule has 10 heteroatoms. The summed E-state index contributed by atoms with van der Waals surface area (Å²) in [7, 11) is 0. The molecule has 37 heavy (non-hydrogen) atoms. The smallest absolute Gasteiger partial charge is 0.410 e. The van der Waals surface area contributed by atoms with Crippen molar-refractivity contribution in [1.29, 1.82) is 0 Å². The van der Waals surface area contributed by atoms with Crippen LogP contribution in [0, 0.1) is 13.8 Å². The van der Waals surface area contributed by atoms with Gasteiger partial charge in [0, 0.05) is 42.8 Å². The lowest BCUT2D eigenvalue weighted by molar-refractivity contribution is 0.0240. The maximum Gasteiger partial charge on any atom is 0.410 e. The van der Waals surface area contributed by atoms with Crippen LogP contribution in [-0.4, -0.2) is 68.2 Å². The lowest BCUT2D eigenvalue weighted by atomic mass is 10.1. The summed E-state index contributed by atoms with van der Waals surface area (Å²) in [5.74, 6) is 1.06. The number of piperazine rings is 1. The van der Waals surface area contributed by atoms with E-state index in [-0.39, 0.29) is 11.2 Å². The Balaban J connectivity index is 0.000000396. The van der Waals surface area contributed by atoms with Crippen LogP contribution < -0.4 is 4.90 Å². The fourth-order valence-electron chi connectivity index (χ4n) is 3.87. The number of rotatable bonds is 2. The number of halogens is 1. The molecule has 1 aliphatic heterocycles. The number of benzene rings is 2. The number of aromatic amines is 1. The van der Waals surface area contributed by atoms with Gasteiger partial charge in [-0.3, -0.25) is 5.10 Å². The average molecular weight is 522 g/mol. The van der Waals surface area contributed by atoms with Gasteiger partial charge < -0.3 is 14.5 Å². The van der Waals surface area contributed by atoms with Crippen LogP contribution in [-0.2, 0) is 4.74 Å². The number of anilines is 1. The number of H-pyrrole nitrogens is 1. The van der Waals surface area contributed by atoms with Crippen molar-refractivity contribution >= 4 is 34.4 Å². The second-order valence-electron chi connectivity index (χ2n) is 9.94. The normalized spacial score (nSPS) is 13.8. The van der Waals surface area contributed by atoms with Gasteiger partial charge in [0.1, 0.15) is 5.60 Å². The van der Waals surface area contributed by atoms with Gasteiger partial charge in [0.25, 0.3) is 0 Å². The monoisotopic (exact) mass is 521 g/mol. The number of carbonyl (C=O) groups excluding carboxylic acids is 1. The largest absolute Gasteiger partial charge is 0.444 e. The van der Waals surface area contributed by atoms with Crippen molar-refractivity contribution < 1.29 is 9.53 Å². The molecule has 9 nitrogen and oxygen atoms in total. The Morgan fingerprint density at radius 1 is 1.00 bits per heavy atom. The van der Waals surface area contributed by atoms with E-state index in [4.69, 9.17) is 16.3 Å². The van der Waals surface area contributed by atoms with Crippen LogP contribution in [0.2, 0.25) is 5.15 Å². The summed E-state index contributed by atoms with van der Waals surface area (Å²) in [5.41, 5.74) is 3.51. The highest BCUT2D eigenvalue weighted by molar-refractivity contribution is 6.31. The molecule has 2 aromatic heterocycles. The van der Waals surface area contributed by atoms with Crippen molar-refractivity contribution in [2.75, 3.05) is 31.1 Å². The number of nitrogens with one attached hydrogen (secondary N) is 1. The molecule has 2 aromatic carbocycles. The first-order valence-electron chi connectivity index (χ1n) is 12.2. The molecule has 0 bridgehead atoms. The number of carbonyl (C=O) groups is 1. The fourth-order valence-corrected chi connectivity index (χ4v) is 4.07. The Morgan fingerprint density at radius 3 is 2.32 bits per heavy atom. The standard InChI is InChI=1S/C20H24ClN7O2.C7H8/c1-12-14-11-13(5-6-15(14)24-23-12)17-22-18(16(21)25-26-17)27-7-9-28(10-8-27)19(29)30-20(2,3)4;1-7-5-3-2-4-6-7/h5-6,11H,7-10H2,1-4H3,(H,23,24);2-6H,1H3. The molecule has 3 heterocycles. The SMILES string of the molecule is Cc1[nH]nc2ccc(-c3nnc(Cl)c(N4CCN(C(=O)OC(C)(C)C)CC4)n3)cc12.Cc1ccccc1. The third-order valence-corrected chi connectivity index (χ3v) is 6.05. The van der Waals surface area contributed by atoms with E-state index in [1.54, 1.807) is 4.90 Å². The van der Waals surface area contributed by atoms with Crippen LogP contribution in [0.5, 0.6) is 0 Å². The molecule has 4 aromatic rings. The Bertz CT molecular complexity index is 1360. The van der Waals surface area contributed by atoms with Crippen LogP contribution in [0.1, 0.15) is 32.0 Å². The molecule has 0 radical (unpaired) electrons. The topological polar surface area (TPSA) is 100 Å². The van der Waals surface area contributed by atoms with E-state index >= 15 is 0 Å². The van der Waals surface area contributed by atoms with Gasteiger partial charge in [-0.15, -0.1) is 10.2 Å². The molecule has 0 unspecified atom stereocenters. The van der Waals surface area contributed by atoms with E-state index in [1.165, 1.54) is 5.56 Å². The van der Waals surface area contributed by atoms with Gasteiger partial charge in [-0.2, -0.15) is 5.10 Å². The van der Waals surface area contributed by atoms with Gasteiger partial charge in [-0.1, -0.05) is 47.5 Å². The van der Waals surface area contributed by atoms with Crippen molar-refractivity contribution in [3.8, 4) is 11.4 Å². The number of fused-ring (bicyclic) bond motifs is 1. The third-order valence-electron chi connectivity index (χ3n) is 5.80. The molecule has 1 aliphatic rings. The molecular weight excluding hydrogens is 490 g/mol. The number of aryl methyl sites for hydroxylation is 2. The number of aromatic nitrogens is 5. The van der Waals surface area contributed by atoms with E-state index in [2.05, 4.69) is 44.4 Å². The summed E-state index contributed by atoms with van der Waals surface area (Å²) in [4.78, 5) is 20.7. The van der Waals surface area contributed by atoms with Gasteiger partial charge in [0.2, 0.25) is 0 Å². The second-order valence-corrected chi connectivity index (χ2v) is 10.3. The maximum atomic E-state index is 12.3. The van der Waals surface area contributed by atoms with E-state index in [0.29, 0.717) is 37.8 Å². The number of hydrogen-bond acceptors (Lipinski definition) is 7. The first kappa shape index (κ1) is 26.3. The molecular formula is C27H32ClN7O2. The van der Waals surface area contributed by atoms with Gasteiger partial charge in [-0.25, -0.2) is 9.78 Å². The molecule has 0 aliphatic carbocycles. The van der Waals surface area contributed by atoms with Gasteiger partial charge >= 0.3 is 6.09 Å². The number of hydrogen-bond donors (Lipinski definition) is 1. The van der Waals surface area contributed by atoms with Crippen LogP contribution in [0.3, 0.4) is 0 Å². The second kappa shape index (κ2) is 11.1. The summed E-state index contributed by atoms with van der Waals surface area (Å²) >= 11 is 6.31. The van der Waals surface area contributed by atoms with Crippen molar-refractivity contribution in [3.05, 3.63) is 64.9 Å².